The number of carbonyl (C=O) groups excluding carboxylic acids is 2. The highest BCUT2D eigenvalue weighted by Gasteiger charge is 2.39. The SMILES string of the molecule is CSC1NC(=O)C(C(=O)Nc2ccc3nc(C(C)C)sc3c2)CC1C#N. The Labute approximate surface area is 160 Å². The second-order valence-electron chi connectivity index (χ2n) is 6.57. The number of aromatic nitrogens is 1. The fourth-order valence-electron chi connectivity index (χ4n) is 2.89. The fraction of sp³-hybridized carbons (Fsp3) is 0.444. The Morgan fingerprint density at radius 3 is 2.92 bits per heavy atom. The zero-order chi connectivity index (χ0) is 18.8. The monoisotopic (exact) mass is 388 g/mol. The number of nitrogens with zero attached hydrogens (tertiary/aromatic N) is 2. The summed E-state index contributed by atoms with van der Waals surface area (Å²) in [5, 5.41) is 15.6. The molecular formula is C18H20N4O2S2. The molecule has 2 amide bonds. The van der Waals surface area contributed by atoms with E-state index in [4.69, 9.17) is 0 Å². The first-order valence-electron chi connectivity index (χ1n) is 8.37. The van der Waals surface area contributed by atoms with E-state index in [1.165, 1.54) is 11.8 Å². The number of carbonyl (C=O) groups is 2. The Morgan fingerprint density at radius 2 is 2.27 bits per heavy atom. The predicted octanol–water partition coefficient (Wildman–Crippen LogP) is 3.32. The molecule has 1 fully saturated rings. The number of nitriles is 1. The molecule has 0 radical (unpaired) electrons. The van der Waals surface area contributed by atoms with Gasteiger partial charge in [-0.25, -0.2) is 4.98 Å². The number of nitrogens with one attached hydrogen (secondary N) is 2. The van der Waals surface area contributed by atoms with Gasteiger partial charge in [-0.3, -0.25) is 9.59 Å². The van der Waals surface area contributed by atoms with Gasteiger partial charge in [-0.15, -0.1) is 23.1 Å². The summed E-state index contributed by atoms with van der Waals surface area (Å²) in [6, 6.07) is 7.73. The summed E-state index contributed by atoms with van der Waals surface area (Å²) in [6.07, 6.45) is 2.07. The number of piperidine rings is 1. The summed E-state index contributed by atoms with van der Waals surface area (Å²) in [5.74, 6) is -1.59. The van der Waals surface area contributed by atoms with Crippen molar-refractivity contribution < 1.29 is 9.59 Å². The first-order valence-corrected chi connectivity index (χ1v) is 10.5. The molecule has 1 aromatic heterocycles. The maximum Gasteiger partial charge on any atom is 0.236 e. The maximum absolute atomic E-state index is 12.6. The zero-order valence-corrected chi connectivity index (χ0v) is 16.4. The molecule has 0 saturated carbocycles. The van der Waals surface area contributed by atoms with Crippen molar-refractivity contribution in [2.24, 2.45) is 11.8 Å². The molecular weight excluding hydrogens is 368 g/mol. The lowest BCUT2D eigenvalue weighted by molar-refractivity contribution is -0.135. The molecule has 2 aromatic rings. The van der Waals surface area contributed by atoms with Crippen molar-refractivity contribution in [2.75, 3.05) is 11.6 Å². The van der Waals surface area contributed by atoms with Crippen LogP contribution in [0.4, 0.5) is 5.69 Å². The summed E-state index contributed by atoms with van der Waals surface area (Å²) in [7, 11) is 0. The number of hydrogen-bond donors (Lipinski definition) is 2. The summed E-state index contributed by atoms with van der Waals surface area (Å²) < 4.78 is 0.997. The van der Waals surface area contributed by atoms with Gasteiger partial charge < -0.3 is 10.6 Å². The van der Waals surface area contributed by atoms with E-state index in [-0.39, 0.29) is 29.5 Å². The Balaban J connectivity index is 1.76. The van der Waals surface area contributed by atoms with E-state index >= 15 is 0 Å². The number of thiazole rings is 1. The van der Waals surface area contributed by atoms with Gasteiger partial charge in [-0.05, 0) is 30.9 Å². The van der Waals surface area contributed by atoms with Crippen molar-refractivity contribution >= 4 is 50.8 Å². The number of benzene rings is 1. The molecule has 2 heterocycles. The molecule has 136 valence electrons. The number of anilines is 1. The molecule has 8 heteroatoms. The lowest BCUT2D eigenvalue weighted by atomic mass is 9.89. The molecule has 0 bridgehead atoms. The Morgan fingerprint density at radius 1 is 1.50 bits per heavy atom. The average Bonchev–Trinajstić information content (AvgIpc) is 3.05. The second-order valence-corrected chi connectivity index (χ2v) is 8.61. The standard InChI is InChI=1S/C18H20N4O2S2/c1-9(2)17-21-13-5-4-11(7-14(13)26-17)20-15(23)12-6-10(8-19)18(25-3)22-16(12)24/h4-5,7,9-10,12,18H,6H2,1-3H3,(H,20,23)(H,22,24). The topological polar surface area (TPSA) is 94.9 Å². The third-order valence-corrected chi connectivity index (χ3v) is 6.63. The lowest BCUT2D eigenvalue weighted by Gasteiger charge is -2.31. The first-order chi connectivity index (χ1) is 12.4. The van der Waals surface area contributed by atoms with Crippen molar-refractivity contribution in [2.45, 2.75) is 31.6 Å². The van der Waals surface area contributed by atoms with Crippen molar-refractivity contribution in [3.63, 3.8) is 0 Å². The predicted molar refractivity (Wildman–Crippen MR) is 105 cm³/mol. The van der Waals surface area contributed by atoms with Gasteiger partial charge in [-0.1, -0.05) is 13.8 Å². The highest BCUT2D eigenvalue weighted by Crippen LogP contribution is 2.31. The van der Waals surface area contributed by atoms with E-state index in [1.807, 2.05) is 18.4 Å². The smallest absolute Gasteiger partial charge is 0.236 e. The molecule has 3 atom stereocenters. The minimum atomic E-state index is -0.855. The van der Waals surface area contributed by atoms with Gasteiger partial charge in [-0.2, -0.15) is 5.26 Å². The molecule has 1 aliphatic rings. The van der Waals surface area contributed by atoms with Gasteiger partial charge in [0.05, 0.1) is 32.6 Å². The van der Waals surface area contributed by atoms with Crippen LogP contribution in [0.3, 0.4) is 0 Å². The summed E-state index contributed by atoms with van der Waals surface area (Å²) in [5.41, 5.74) is 1.54. The van der Waals surface area contributed by atoms with Gasteiger partial charge in [0.25, 0.3) is 0 Å². The lowest BCUT2D eigenvalue weighted by Crippen LogP contribution is -2.50. The van der Waals surface area contributed by atoms with Crippen LogP contribution in [-0.4, -0.2) is 28.4 Å². The number of thioether (sulfide) groups is 1. The summed E-state index contributed by atoms with van der Waals surface area (Å²) in [4.78, 5) is 29.4. The first kappa shape index (κ1) is 18.7. The van der Waals surface area contributed by atoms with Crippen molar-refractivity contribution in [3.05, 3.63) is 23.2 Å². The normalized spacial score (nSPS) is 22.9. The molecule has 2 N–H and O–H groups in total. The molecule has 3 unspecified atom stereocenters. The van der Waals surface area contributed by atoms with E-state index in [9.17, 15) is 14.9 Å². The van der Waals surface area contributed by atoms with Crippen LogP contribution < -0.4 is 10.6 Å². The third-order valence-electron chi connectivity index (χ3n) is 4.36. The minimum absolute atomic E-state index is 0.236. The molecule has 1 aliphatic heterocycles. The van der Waals surface area contributed by atoms with Crippen LogP contribution >= 0.6 is 23.1 Å². The number of hydrogen-bond acceptors (Lipinski definition) is 6. The van der Waals surface area contributed by atoms with Gasteiger partial charge in [0, 0.05) is 11.6 Å². The molecule has 0 spiro atoms. The molecule has 6 nitrogen and oxygen atoms in total. The Hall–Kier alpha value is -2.11. The van der Waals surface area contributed by atoms with Gasteiger partial charge in [0.15, 0.2) is 0 Å². The molecule has 0 aliphatic carbocycles. The second kappa shape index (κ2) is 7.64. The number of rotatable bonds is 4. The van der Waals surface area contributed by atoms with E-state index in [2.05, 4.69) is 35.5 Å². The quantitative estimate of drug-likeness (QED) is 0.784. The third kappa shape index (κ3) is 3.69. The van der Waals surface area contributed by atoms with E-state index in [0.717, 1.165) is 15.2 Å². The summed E-state index contributed by atoms with van der Waals surface area (Å²) in [6.45, 7) is 4.19. The van der Waals surface area contributed by atoms with E-state index in [1.54, 1.807) is 17.4 Å². The Bertz CT molecular complexity index is 887. The Kier molecular flexibility index (Phi) is 5.49. The van der Waals surface area contributed by atoms with E-state index < -0.39 is 5.92 Å². The van der Waals surface area contributed by atoms with Crippen molar-refractivity contribution in [1.29, 1.82) is 5.26 Å². The minimum Gasteiger partial charge on any atom is -0.342 e. The van der Waals surface area contributed by atoms with Gasteiger partial charge in [0.2, 0.25) is 11.8 Å². The van der Waals surface area contributed by atoms with Gasteiger partial charge in [0.1, 0.15) is 5.92 Å². The van der Waals surface area contributed by atoms with Crippen LogP contribution in [0.1, 0.15) is 31.2 Å². The van der Waals surface area contributed by atoms with Crippen LogP contribution in [0.25, 0.3) is 10.2 Å². The van der Waals surface area contributed by atoms with Crippen LogP contribution in [0, 0.1) is 23.2 Å². The van der Waals surface area contributed by atoms with Crippen molar-refractivity contribution in [3.8, 4) is 6.07 Å². The van der Waals surface area contributed by atoms with Crippen LogP contribution in [0.15, 0.2) is 18.2 Å². The molecule has 1 saturated heterocycles. The van der Waals surface area contributed by atoms with Gasteiger partial charge >= 0.3 is 0 Å². The number of amides is 2. The van der Waals surface area contributed by atoms with Crippen LogP contribution in [0.5, 0.6) is 0 Å². The average molecular weight is 389 g/mol. The van der Waals surface area contributed by atoms with Crippen molar-refractivity contribution in [1.82, 2.24) is 10.3 Å². The number of fused-ring (bicyclic) bond motifs is 1. The summed E-state index contributed by atoms with van der Waals surface area (Å²) >= 11 is 3.02. The highest BCUT2D eigenvalue weighted by molar-refractivity contribution is 7.99. The van der Waals surface area contributed by atoms with Crippen LogP contribution in [-0.2, 0) is 9.59 Å². The highest BCUT2D eigenvalue weighted by atomic mass is 32.2. The molecule has 26 heavy (non-hydrogen) atoms. The fourth-order valence-corrected chi connectivity index (χ4v) is 4.64. The largest absolute Gasteiger partial charge is 0.342 e. The van der Waals surface area contributed by atoms with Crippen LogP contribution in [0.2, 0.25) is 0 Å². The molecule has 3 rings (SSSR count). The van der Waals surface area contributed by atoms with E-state index in [0.29, 0.717) is 11.6 Å². The maximum atomic E-state index is 12.6. The molecule has 1 aromatic carbocycles. The zero-order valence-electron chi connectivity index (χ0n) is 14.8.